The summed E-state index contributed by atoms with van der Waals surface area (Å²) in [5, 5.41) is 0. The maximum Gasteiger partial charge on any atom is 0.165 e. The average molecular weight is 235 g/mol. The van der Waals surface area contributed by atoms with E-state index in [9.17, 15) is 4.79 Å². The van der Waals surface area contributed by atoms with Crippen LogP contribution in [0.25, 0.3) is 0 Å². The first kappa shape index (κ1) is 13.6. The Kier molecular flexibility index (Phi) is 5.01. The van der Waals surface area contributed by atoms with Crippen LogP contribution in [0.4, 0.5) is 5.69 Å². The first-order valence-corrected chi connectivity index (χ1v) is 6.02. The van der Waals surface area contributed by atoms with Crippen LogP contribution >= 0.6 is 0 Å². The fraction of sp³-hybridized carbons (Fsp3) is 0.500. The number of benzene rings is 1. The molecule has 94 valence electrons. The molecule has 0 aliphatic carbocycles. The lowest BCUT2D eigenvalue weighted by Gasteiger charge is -2.09. The summed E-state index contributed by atoms with van der Waals surface area (Å²) in [6.45, 7) is 4.31. The number of nitrogen functional groups attached to an aromatic ring is 1. The summed E-state index contributed by atoms with van der Waals surface area (Å²) in [5.41, 5.74) is 6.91. The second kappa shape index (κ2) is 6.28. The zero-order valence-corrected chi connectivity index (χ0v) is 10.8. The monoisotopic (exact) mass is 235 g/mol. The van der Waals surface area contributed by atoms with Crippen LogP contribution in [0.3, 0.4) is 0 Å². The molecule has 0 atom stereocenters. The molecule has 1 aromatic rings. The van der Waals surface area contributed by atoms with E-state index < -0.39 is 0 Å². The summed E-state index contributed by atoms with van der Waals surface area (Å²) in [6.07, 6.45) is 2.53. The molecule has 0 saturated carbocycles. The fourth-order valence-corrected chi connectivity index (χ4v) is 1.77. The molecule has 0 aliphatic heterocycles. The topological polar surface area (TPSA) is 52.3 Å². The molecule has 0 aliphatic rings. The van der Waals surface area contributed by atoms with Gasteiger partial charge in [0.25, 0.3) is 0 Å². The van der Waals surface area contributed by atoms with Gasteiger partial charge in [0.1, 0.15) is 5.75 Å². The van der Waals surface area contributed by atoms with E-state index in [2.05, 4.69) is 13.8 Å². The minimum atomic E-state index is 0.0991. The Bertz CT molecular complexity index is 386. The Morgan fingerprint density at radius 3 is 2.71 bits per heavy atom. The lowest BCUT2D eigenvalue weighted by Crippen LogP contribution is -2.05. The van der Waals surface area contributed by atoms with Gasteiger partial charge in [-0.2, -0.15) is 0 Å². The molecule has 17 heavy (non-hydrogen) atoms. The second-order valence-corrected chi connectivity index (χ2v) is 4.63. The molecule has 0 unspecified atom stereocenters. The van der Waals surface area contributed by atoms with E-state index in [0.717, 1.165) is 12.8 Å². The van der Waals surface area contributed by atoms with Crippen molar-refractivity contribution in [1.82, 2.24) is 0 Å². The van der Waals surface area contributed by atoms with Crippen LogP contribution in [0, 0.1) is 5.92 Å². The van der Waals surface area contributed by atoms with Gasteiger partial charge in [-0.15, -0.1) is 0 Å². The van der Waals surface area contributed by atoms with Crippen molar-refractivity contribution in [1.29, 1.82) is 0 Å². The van der Waals surface area contributed by atoms with E-state index in [4.69, 9.17) is 10.5 Å². The summed E-state index contributed by atoms with van der Waals surface area (Å²) >= 11 is 0. The summed E-state index contributed by atoms with van der Waals surface area (Å²) in [4.78, 5) is 12.0. The molecule has 3 nitrogen and oxygen atoms in total. The van der Waals surface area contributed by atoms with Crippen LogP contribution < -0.4 is 10.5 Å². The van der Waals surface area contributed by atoms with Crippen molar-refractivity contribution in [2.24, 2.45) is 5.92 Å². The normalized spacial score (nSPS) is 10.6. The quantitative estimate of drug-likeness (QED) is 0.608. The molecule has 0 heterocycles. The third kappa shape index (κ3) is 3.77. The van der Waals surface area contributed by atoms with Crippen LogP contribution in [0.1, 0.15) is 43.5 Å². The summed E-state index contributed by atoms with van der Waals surface area (Å²) < 4.78 is 5.10. The zero-order chi connectivity index (χ0) is 12.8. The number of Topliss-reactive ketones (excluding diaryl/α,β-unsaturated/α-hetero) is 1. The first-order chi connectivity index (χ1) is 8.06. The summed E-state index contributed by atoms with van der Waals surface area (Å²) in [7, 11) is 1.55. The molecule has 1 aromatic carbocycles. The van der Waals surface area contributed by atoms with Gasteiger partial charge in [-0.25, -0.2) is 0 Å². The van der Waals surface area contributed by atoms with Crippen molar-refractivity contribution >= 4 is 11.5 Å². The van der Waals surface area contributed by atoms with Gasteiger partial charge in [0.15, 0.2) is 5.78 Å². The first-order valence-electron chi connectivity index (χ1n) is 6.02. The minimum Gasteiger partial charge on any atom is -0.495 e. The number of methoxy groups -OCH3 is 1. The third-order valence-corrected chi connectivity index (χ3v) is 2.77. The van der Waals surface area contributed by atoms with Crippen molar-refractivity contribution in [3.63, 3.8) is 0 Å². The molecule has 3 heteroatoms. The number of anilines is 1. The van der Waals surface area contributed by atoms with Gasteiger partial charge in [0, 0.05) is 12.0 Å². The molecule has 0 bridgehead atoms. The maximum atomic E-state index is 12.0. The van der Waals surface area contributed by atoms with Crippen LogP contribution in [0.2, 0.25) is 0 Å². The van der Waals surface area contributed by atoms with Crippen LogP contribution in [0.5, 0.6) is 5.75 Å². The Balaban J connectivity index is 2.69. The van der Waals surface area contributed by atoms with Crippen molar-refractivity contribution < 1.29 is 9.53 Å². The molecule has 0 spiro atoms. The van der Waals surface area contributed by atoms with E-state index >= 15 is 0 Å². The molecule has 0 radical (unpaired) electrons. The maximum absolute atomic E-state index is 12.0. The predicted octanol–water partition coefficient (Wildman–Crippen LogP) is 3.29. The average Bonchev–Trinajstić information content (AvgIpc) is 2.28. The number of carbonyl (C=O) groups excluding carboxylic acids is 1. The Labute approximate surface area is 103 Å². The Hall–Kier alpha value is -1.51. The number of ketones is 1. The van der Waals surface area contributed by atoms with Crippen molar-refractivity contribution in [3.8, 4) is 5.75 Å². The lowest BCUT2D eigenvalue weighted by atomic mass is 10.00. The molecule has 0 amide bonds. The highest BCUT2D eigenvalue weighted by Gasteiger charge is 2.12. The fourth-order valence-electron chi connectivity index (χ4n) is 1.77. The number of ether oxygens (including phenoxy) is 1. The predicted molar refractivity (Wildman–Crippen MR) is 70.4 cm³/mol. The van der Waals surface area contributed by atoms with E-state index in [0.29, 0.717) is 29.3 Å². The summed E-state index contributed by atoms with van der Waals surface area (Å²) in [6, 6.07) is 5.32. The molecular formula is C14H21NO2. The number of hydrogen-bond donors (Lipinski definition) is 1. The number of hydrogen-bond acceptors (Lipinski definition) is 3. The van der Waals surface area contributed by atoms with Gasteiger partial charge in [0.05, 0.1) is 12.8 Å². The van der Waals surface area contributed by atoms with Gasteiger partial charge in [-0.3, -0.25) is 4.79 Å². The van der Waals surface area contributed by atoms with Gasteiger partial charge in [-0.1, -0.05) is 26.3 Å². The SMILES string of the molecule is COc1cccc(C(=O)CCCC(C)C)c1N. The standard InChI is InChI=1S/C14H21NO2/c1-10(2)6-4-8-12(16)11-7-5-9-13(17-3)14(11)15/h5,7,9-10H,4,6,8,15H2,1-3H3. The van der Waals surface area contributed by atoms with E-state index in [-0.39, 0.29) is 5.78 Å². The molecule has 0 fully saturated rings. The van der Waals surface area contributed by atoms with Crippen molar-refractivity contribution in [2.75, 3.05) is 12.8 Å². The number of rotatable bonds is 6. The van der Waals surface area contributed by atoms with Crippen molar-refractivity contribution in [3.05, 3.63) is 23.8 Å². The van der Waals surface area contributed by atoms with Crippen molar-refractivity contribution in [2.45, 2.75) is 33.1 Å². The van der Waals surface area contributed by atoms with Gasteiger partial charge in [0.2, 0.25) is 0 Å². The lowest BCUT2D eigenvalue weighted by molar-refractivity contribution is 0.0979. The number of para-hydroxylation sites is 1. The van der Waals surface area contributed by atoms with E-state index in [1.165, 1.54) is 0 Å². The van der Waals surface area contributed by atoms with Crippen LogP contribution in [0.15, 0.2) is 18.2 Å². The third-order valence-electron chi connectivity index (χ3n) is 2.77. The Morgan fingerprint density at radius 2 is 2.12 bits per heavy atom. The highest BCUT2D eigenvalue weighted by Crippen LogP contribution is 2.26. The minimum absolute atomic E-state index is 0.0991. The Morgan fingerprint density at radius 1 is 1.41 bits per heavy atom. The largest absolute Gasteiger partial charge is 0.495 e. The second-order valence-electron chi connectivity index (χ2n) is 4.63. The van der Waals surface area contributed by atoms with Gasteiger partial charge < -0.3 is 10.5 Å². The molecule has 2 N–H and O–H groups in total. The van der Waals surface area contributed by atoms with Gasteiger partial charge in [-0.05, 0) is 24.5 Å². The molecular weight excluding hydrogens is 214 g/mol. The highest BCUT2D eigenvalue weighted by molar-refractivity contribution is 6.01. The number of nitrogens with two attached hydrogens (primary N) is 1. The molecule has 0 aromatic heterocycles. The van der Waals surface area contributed by atoms with Crippen LogP contribution in [-0.4, -0.2) is 12.9 Å². The molecule has 0 saturated heterocycles. The van der Waals surface area contributed by atoms with E-state index in [1.807, 2.05) is 0 Å². The zero-order valence-electron chi connectivity index (χ0n) is 10.8. The smallest absolute Gasteiger partial charge is 0.165 e. The van der Waals surface area contributed by atoms with E-state index in [1.54, 1.807) is 25.3 Å². The summed E-state index contributed by atoms with van der Waals surface area (Å²) in [5.74, 6) is 1.30. The van der Waals surface area contributed by atoms with Crippen LogP contribution in [-0.2, 0) is 0 Å². The number of carbonyl (C=O) groups is 1. The van der Waals surface area contributed by atoms with Gasteiger partial charge >= 0.3 is 0 Å². The highest BCUT2D eigenvalue weighted by atomic mass is 16.5. The molecule has 1 rings (SSSR count).